The van der Waals surface area contributed by atoms with Crippen LogP contribution in [0.3, 0.4) is 0 Å². The smallest absolute Gasteiger partial charge is 0.355 e. The first-order valence-electron chi connectivity index (χ1n) is 6.43. The molecule has 0 aliphatic heterocycles. The lowest BCUT2D eigenvalue weighted by Gasteiger charge is -2.01. The largest absolute Gasteiger partial charge is 0.435 e. The summed E-state index contributed by atoms with van der Waals surface area (Å²) in [5.74, 6) is 0.293. The first kappa shape index (κ1) is 12.7. The maximum atomic E-state index is 12.2. The predicted molar refractivity (Wildman–Crippen MR) is 75.1 cm³/mol. The topological polar surface area (TPSA) is 100 Å². The second-order valence-electron chi connectivity index (χ2n) is 4.56. The Morgan fingerprint density at radius 3 is 3.00 bits per heavy atom. The zero-order chi connectivity index (χ0) is 15.1. The number of rotatable bonds is 3. The molecule has 0 aliphatic rings. The molecule has 110 valence electrons. The quantitative estimate of drug-likeness (QED) is 0.548. The van der Waals surface area contributed by atoms with E-state index in [4.69, 9.17) is 9.15 Å². The van der Waals surface area contributed by atoms with Crippen LogP contribution in [-0.2, 0) is 11.5 Å². The van der Waals surface area contributed by atoms with Crippen molar-refractivity contribution >= 4 is 16.7 Å². The SMILES string of the molecule is COCn1nnc2c(-c3nc4ccccc4o3)ncn2c1=O. The molecular weight excluding hydrogens is 288 g/mol. The highest BCUT2D eigenvalue weighted by Crippen LogP contribution is 2.24. The summed E-state index contributed by atoms with van der Waals surface area (Å²) in [6.45, 7) is 0.0121. The Morgan fingerprint density at radius 2 is 2.18 bits per heavy atom. The third kappa shape index (κ3) is 1.79. The van der Waals surface area contributed by atoms with Gasteiger partial charge in [-0.2, -0.15) is 4.68 Å². The zero-order valence-electron chi connectivity index (χ0n) is 11.5. The van der Waals surface area contributed by atoms with Gasteiger partial charge in [0, 0.05) is 7.11 Å². The Kier molecular flexibility index (Phi) is 2.73. The number of para-hydroxylation sites is 2. The van der Waals surface area contributed by atoms with Crippen LogP contribution in [0.25, 0.3) is 28.3 Å². The molecule has 9 heteroatoms. The van der Waals surface area contributed by atoms with Crippen LogP contribution in [0.4, 0.5) is 0 Å². The highest BCUT2D eigenvalue weighted by Gasteiger charge is 2.17. The van der Waals surface area contributed by atoms with E-state index in [-0.39, 0.29) is 12.4 Å². The molecule has 0 unspecified atom stereocenters. The molecule has 0 amide bonds. The number of ether oxygens (including phenoxy) is 1. The summed E-state index contributed by atoms with van der Waals surface area (Å²) in [6, 6.07) is 7.36. The average Bonchev–Trinajstić information content (AvgIpc) is 3.13. The molecule has 0 aliphatic carbocycles. The van der Waals surface area contributed by atoms with Gasteiger partial charge in [-0.1, -0.05) is 17.3 Å². The van der Waals surface area contributed by atoms with Gasteiger partial charge in [0.25, 0.3) is 0 Å². The molecule has 0 radical (unpaired) electrons. The normalized spacial score (nSPS) is 11.5. The van der Waals surface area contributed by atoms with E-state index < -0.39 is 5.69 Å². The number of aromatic nitrogens is 6. The van der Waals surface area contributed by atoms with Crippen molar-refractivity contribution < 1.29 is 9.15 Å². The van der Waals surface area contributed by atoms with Crippen LogP contribution in [-0.4, -0.2) is 36.5 Å². The van der Waals surface area contributed by atoms with Crippen LogP contribution >= 0.6 is 0 Å². The number of imidazole rings is 1. The molecule has 0 fully saturated rings. The van der Waals surface area contributed by atoms with Crippen LogP contribution < -0.4 is 5.69 Å². The van der Waals surface area contributed by atoms with E-state index in [1.807, 2.05) is 18.2 Å². The molecule has 22 heavy (non-hydrogen) atoms. The fourth-order valence-electron chi connectivity index (χ4n) is 2.16. The maximum Gasteiger partial charge on any atom is 0.355 e. The van der Waals surface area contributed by atoms with Gasteiger partial charge in [-0.25, -0.2) is 19.2 Å². The van der Waals surface area contributed by atoms with Gasteiger partial charge < -0.3 is 9.15 Å². The fraction of sp³-hybridized carbons (Fsp3) is 0.154. The van der Waals surface area contributed by atoms with Gasteiger partial charge in [0.1, 0.15) is 18.6 Å². The average molecular weight is 298 g/mol. The van der Waals surface area contributed by atoms with Crippen molar-refractivity contribution in [1.29, 1.82) is 0 Å². The van der Waals surface area contributed by atoms with E-state index in [9.17, 15) is 4.79 Å². The van der Waals surface area contributed by atoms with Crippen molar-refractivity contribution in [3.05, 3.63) is 41.1 Å². The molecule has 0 atom stereocenters. The third-order valence-electron chi connectivity index (χ3n) is 3.16. The van der Waals surface area contributed by atoms with Crippen LogP contribution in [0.2, 0.25) is 0 Å². The van der Waals surface area contributed by atoms with Crippen molar-refractivity contribution in [1.82, 2.24) is 29.4 Å². The van der Waals surface area contributed by atoms with E-state index in [1.165, 1.54) is 17.8 Å². The van der Waals surface area contributed by atoms with E-state index in [0.29, 0.717) is 22.7 Å². The van der Waals surface area contributed by atoms with Crippen molar-refractivity contribution in [2.45, 2.75) is 6.73 Å². The highest BCUT2D eigenvalue weighted by molar-refractivity contribution is 5.78. The molecule has 0 saturated heterocycles. The summed E-state index contributed by atoms with van der Waals surface area (Å²) in [5.41, 5.74) is 1.59. The molecule has 3 aromatic heterocycles. The fourth-order valence-corrected chi connectivity index (χ4v) is 2.16. The van der Waals surface area contributed by atoms with E-state index in [1.54, 1.807) is 6.07 Å². The highest BCUT2D eigenvalue weighted by atomic mass is 16.5. The lowest BCUT2D eigenvalue weighted by atomic mass is 10.3. The summed E-state index contributed by atoms with van der Waals surface area (Å²) >= 11 is 0. The van der Waals surface area contributed by atoms with Gasteiger partial charge in [-0.15, -0.1) is 5.10 Å². The molecule has 0 bridgehead atoms. The minimum absolute atomic E-state index is 0.0121. The van der Waals surface area contributed by atoms with Crippen molar-refractivity contribution in [2.75, 3.05) is 7.11 Å². The van der Waals surface area contributed by atoms with Gasteiger partial charge in [0.15, 0.2) is 16.9 Å². The predicted octanol–water partition coefficient (Wildman–Crippen LogP) is 0.698. The van der Waals surface area contributed by atoms with Gasteiger partial charge in [0.05, 0.1) is 0 Å². The molecule has 4 aromatic rings. The molecule has 0 spiro atoms. The van der Waals surface area contributed by atoms with Crippen molar-refractivity contribution in [3.63, 3.8) is 0 Å². The van der Waals surface area contributed by atoms with Crippen LogP contribution in [0.1, 0.15) is 0 Å². The van der Waals surface area contributed by atoms with Gasteiger partial charge in [-0.05, 0) is 12.1 Å². The number of oxazole rings is 1. The Balaban J connectivity index is 1.92. The monoisotopic (exact) mass is 298 g/mol. The summed E-state index contributed by atoms with van der Waals surface area (Å²) < 4.78 is 12.9. The number of benzene rings is 1. The molecular formula is C13H10N6O3. The molecule has 0 saturated carbocycles. The minimum atomic E-state index is -0.401. The Labute approximate surface area is 122 Å². The number of fused-ring (bicyclic) bond motifs is 2. The molecule has 0 N–H and O–H groups in total. The van der Waals surface area contributed by atoms with E-state index in [0.717, 1.165) is 4.68 Å². The Morgan fingerprint density at radius 1 is 1.32 bits per heavy atom. The Hall–Kier alpha value is -3.07. The first-order valence-corrected chi connectivity index (χ1v) is 6.43. The molecule has 4 rings (SSSR count). The lowest BCUT2D eigenvalue weighted by molar-refractivity contribution is 0.111. The van der Waals surface area contributed by atoms with Gasteiger partial charge in [0.2, 0.25) is 5.89 Å². The summed E-state index contributed by atoms with van der Waals surface area (Å²) in [4.78, 5) is 20.7. The zero-order valence-corrected chi connectivity index (χ0v) is 11.5. The van der Waals surface area contributed by atoms with Crippen molar-refractivity contribution in [3.8, 4) is 11.6 Å². The lowest BCUT2D eigenvalue weighted by Crippen LogP contribution is -2.30. The van der Waals surface area contributed by atoms with Gasteiger partial charge in [-0.3, -0.25) is 0 Å². The van der Waals surface area contributed by atoms with E-state index in [2.05, 4.69) is 20.3 Å². The van der Waals surface area contributed by atoms with Crippen LogP contribution in [0.5, 0.6) is 0 Å². The summed E-state index contributed by atoms with van der Waals surface area (Å²) in [6.07, 6.45) is 1.36. The number of nitrogens with zero attached hydrogens (tertiary/aromatic N) is 6. The summed E-state index contributed by atoms with van der Waals surface area (Å²) in [7, 11) is 1.47. The summed E-state index contributed by atoms with van der Waals surface area (Å²) in [5, 5.41) is 7.81. The minimum Gasteiger partial charge on any atom is -0.435 e. The first-order chi connectivity index (χ1) is 10.8. The van der Waals surface area contributed by atoms with Gasteiger partial charge >= 0.3 is 5.69 Å². The molecule has 1 aromatic carbocycles. The standard InChI is InChI=1S/C13H10N6O3/c1-21-7-19-13(20)18-6-14-10(11(18)16-17-19)12-15-8-4-2-3-5-9(8)22-12/h2-6H,7H2,1H3. The number of methoxy groups -OCH3 is 1. The number of hydrogen-bond acceptors (Lipinski definition) is 7. The third-order valence-corrected chi connectivity index (χ3v) is 3.16. The molecule has 3 heterocycles. The maximum absolute atomic E-state index is 12.2. The number of hydrogen-bond donors (Lipinski definition) is 0. The van der Waals surface area contributed by atoms with Crippen LogP contribution in [0, 0.1) is 0 Å². The second kappa shape index (κ2) is 4.74. The second-order valence-corrected chi connectivity index (χ2v) is 4.56. The van der Waals surface area contributed by atoms with Crippen LogP contribution in [0.15, 0.2) is 39.8 Å². The molecule has 9 nitrogen and oxygen atoms in total. The van der Waals surface area contributed by atoms with E-state index >= 15 is 0 Å². The van der Waals surface area contributed by atoms with Crippen molar-refractivity contribution in [2.24, 2.45) is 0 Å². The Bertz CT molecular complexity index is 998.